The first-order valence-electron chi connectivity index (χ1n) is 7.53. The van der Waals surface area contributed by atoms with Crippen LogP contribution in [-0.4, -0.2) is 55.2 Å². The van der Waals surface area contributed by atoms with E-state index in [1.165, 1.54) is 0 Å². The fourth-order valence-electron chi connectivity index (χ4n) is 2.42. The van der Waals surface area contributed by atoms with Gasteiger partial charge in [-0.2, -0.15) is 0 Å². The van der Waals surface area contributed by atoms with Crippen molar-refractivity contribution in [2.45, 2.75) is 19.4 Å². The summed E-state index contributed by atoms with van der Waals surface area (Å²) in [6, 6.07) is 1.72. The normalized spacial score (nSPS) is 14.2. The molecule has 1 aliphatic rings. The summed E-state index contributed by atoms with van der Waals surface area (Å²) in [4.78, 5) is 48.3. The topological polar surface area (TPSA) is 110 Å². The maximum atomic E-state index is 11.9. The average Bonchev–Trinajstić information content (AvgIpc) is 3.17. The van der Waals surface area contributed by atoms with E-state index in [1.807, 2.05) is 4.57 Å². The van der Waals surface area contributed by atoms with Crippen LogP contribution in [0.15, 0.2) is 30.9 Å². The third-order valence-corrected chi connectivity index (χ3v) is 3.61. The van der Waals surface area contributed by atoms with Gasteiger partial charge in [0.2, 0.25) is 17.7 Å². The Balaban J connectivity index is 1.52. The minimum absolute atomic E-state index is 0.182. The summed E-state index contributed by atoms with van der Waals surface area (Å²) in [5.41, 5.74) is 0. The van der Waals surface area contributed by atoms with Gasteiger partial charge < -0.3 is 9.88 Å². The molecular weight excluding hydrogens is 312 g/mol. The summed E-state index contributed by atoms with van der Waals surface area (Å²) in [5.74, 6) is 0.148. The number of imidazole rings is 1. The van der Waals surface area contributed by atoms with Crippen molar-refractivity contribution in [2.24, 2.45) is 0 Å². The summed E-state index contributed by atoms with van der Waals surface area (Å²) in [6.07, 6.45) is 7.03. The second-order valence-electron chi connectivity index (χ2n) is 5.24. The Morgan fingerprint density at radius 3 is 2.50 bits per heavy atom. The molecule has 0 saturated carbocycles. The molecule has 2 aromatic rings. The Morgan fingerprint density at radius 1 is 1.08 bits per heavy atom. The van der Waals surface area contributed by atoms with Gasteiger partial charge in [0.25, 0.3) is 0 Å². The van der Waals surface area contributed by atoms with Crippen LogP contribution in [0.2, 0.25) is 0 Å². The number of rotatable bonds is 6. The molecule has 0 unspecified atom stereocenters. The number of carbonyl (C=O) groups is 3. The highest BCUT2D eigenvalue weighted by molar-refractivity contribution is 6.04. The van der Waals surface area contributed by atoms with Crippen molar-refractivity contribution in [3.63, 3.8) is 0 Å². The van der Waals surface area contributed by atoms with E-state index in [9.17, 15) is 14.4 Å². The number of amides is 3. The largest absolute Gasteiger partial charge is 0.353 e. The maximum absolute atomic E-state index is 11.9. The lowest BCUT2D eigenvalue weighted by atomic mass is 10.4. The second-order valence-corrected chi connectivity index (χ2v) is 5.24. The molecule has 0 aliphatic carbocycles. The zero-order valence-corrected chi connectivity index (χ0v) is 12.9. The lowest BCUT2D eigenvalue weighted by Gasteiger charge is -2.13. The van der Waals surface area contributed by atoms with Crippen LogP contribution in [0.3, 0.4) is 0 Å². The quantitative estimate of drug-likeness (QED) is 0.723. The van der Waals surface area contributed by atoms with Gasteiger partial charge in [-0.15, -0.1) is 0 Å². The van der Waals surface area contributed by atoms with Crippen molar-refractivity contribution in [1.29, 1.82) is 0 Å². The van der Waals surface area contributed by atoms with Crippen LogP contribution in [0.1, 0.15) is 12.8 Å². The van der Waals surface area contributed by atoms with Crippen LogP contribution >= 0.6 is 0 Å². The Kier molecular flexibility index (Phi) is 4.59. The number of hydrogen-bond donors (Lipinski definition) is 1. The fourth-order valence-corrected chi connectivity index (χ4v) is 2.42. The van der Waals surface area contributed by atoms with E-state index < -0.39 is 0 Å². The molecule has 0 radical (unpaired) electrons. The summed E-state index contributed by atoms with van der Waals surface area (Å²) >= 11 is 0. The van der Waals surface area contributed by atoms with E-state index in [0.717, 1.165) is 4.90 Å². The van der Waals surface area contributed by atoms with Crippen molar-refractivity contribution in [3.05, 3.63) is 30.9 Å². The van der Waals surface area contributed by atoms with Gasteiger partial charge in [0.1, 0.15) is 6.54 Å². The molecule has 1 N–H and O–H groups in total. The van der Waals surface area contributed by atoms with E-state index in [1.54, 1.807) is 30.9 Å². The number of nitrogens with zero attached hydrogens (tertiary/aromatic N) is 5. The molecule has 3 heterocycles. The highest BCUT2D eigenvalue weighted by Crippen LogP contribution is 2.11. The maximum Gasteiger partial charge on any atom is 0.240 e. The van der Waals surface area contributed by atoms with Crippen LogP contribution in [0, 0.1) is 0 Å². The minimum atomic E-state index is -0.365. The van der Waals surface area contributed by atoms with Gasteiger partial charge in [-0.05, 0) is 6.07 Å². The molecule has 1 fully saturated rings. The standard InChI is InChI=1S/C15H16N6O3/c22-11(10-21-12(23)2-3-13(21)24)16-6-8-20-9-7-19-15(20)14-17-4-1-5-18-14/h1,4-5,7,9H,2-3,6,8,10H2,(H,16,22). The first-order chi connectivity index (χ1) is 11.6. The Labute approximate surface area is 137 Å². The van der Waals surface area contributed by atoms with Crippen molar-refractivity contribution in [1.82, 2.24) is 29.7 Å². The Hall–Kier alpha value is -3.10. The van der Waals surface area contributed by atoms with Crippen LogP contribution in [0.25, 0.3) is 11.6 Å². The van der Waals surface area contributed by atoms with E-state index in [-0.39, 0.29) is 37.1 Å². The lowest BCUT2D eigenvalue weighted by molar-refractivity contribution is -0.142. The summed E-state index contributed by atoms with van der Waals surface area (Å²) in [5, 5.41) is 2.69. The molecule has 0 aromatic carbocycles. The molecule has 24 heavy (non-hydrogen) atoms. The highest BCUT2D eigenvalue weighted by atomic mass is 16.2. The number of carbonyl (C=O) groups excluding carboxylic acids is 3. The van der Waals surface area contributed by atoms with Crippen LogP contribution < -0.4 is 5.32 Å². The van der Waals surface area contributed by atoms with Crippen molar-refractivity contribution in [2.75, 3.05) is 13.1 Å². The molecule has 0 bridgehead atoms. The van der Waals surface area contributed by atoms with Gasteiger partial charge in [0.15, 0.2) is 11.6 Å². The van der Waals surface area contributed by atoms with Crippen LogP contribution in [0.5, 0.6) is 0 Å². The van der Waals surface area contributed by atoms with Crippen LogP contribution in [0.4, 0.5) is 0 Å². The predicted octanol–water partition coefficient (Wildman–Crippen LogP) is -0.395. The Morgan fingerprint density at radius 2 is 1.79 bits per heavy atom. The number of nitrogens with one attached hydrogen (secondary N) is 1. The monoisotopic (exact) mass is 328 g/mol. The van der Waals surface area contributed by atoms with Gasteiger partial charge in [-0.3, -0.25) is 19.3 Å². The smallest absolute Gasteiger partial charge is 0.240 e. The number of hydrogen-bond acceptors (Lipinski definition) is 6. The van der Waals surface area contributed by atoms with Gasteiger partial charge >= 0.3 is 0 Å². The van der Waals surface area contributed by atoms with Gasteiger partial charge in [-0.1, -0.05) is 0 Å². The third-order valence-electron chi connectivity index (χ3n) is 3.61. The molecule has 0 spiro atoms. The number of aromatic nitrogens is 4. The Bertz CT molecular complexity index is 742. The molecule has 124 valence electrons. The van der Waals surface area contributed by atoms with E-state index in [4.69, 9.17) is 0 Å². The highest BCUT2D eigenvalue weighted by Gasteiger charge is 2.30. The van der Waals surface area contributed by atoms with E-state index in [0.29, 0.717) is 24.7 Å². The third kappa shape index (κ3) is 3.45. The average molecular weight is 328 g/mol. The fraction of sp³-hybridized carbons (Fsp3) is 0.333. The van der Waals surface area contributed by atoms with E-state index >= 15 is 0 Å². The predicted molar refractivity (Wildman–Crippen MR) is 82.2 cm³/mol. The molecule has 0 atom stereocenters. The zero-order valence-electron chi connectivity index (χ0n) is 12.9. The second kappa shape index (κ2) is 6.99. The summed E-state index contributed by atoms with van der Waals surface area (Å²) < 4.78 is 1.82. The van der Waals surface area contributed by atoms with Crippen molar-refractivity contribution < 1.29 is 14.4 Å². The molecule has 3 amide bonds. The first kappa shape index (κ1) is 15.8. The minimum Gasteiger partial charge on any atom is -0.353 e. The molecule has 9 heteroatoms. The first-order valence-corrected chi connectivity index (χ1v) is 7.53. The molecule has 1 aliphatic heterocycles. The summed E-state index contributed by atoms with van der Waals surface area (Å²) in [7, 11) is 0. The van der Waals surface area contributed by atoms with Crippen LogP contribution in [-0.2, 0) is 20.9 Å². The van der Waals surface area contributed by atoms with Gasteiger partial charge in [0, 0.05) is 50.7 Å². The SMILES string of the molecule is O=C(CN1C(=O)CCC1=O)NCCn1ccnc1-c1ncccn1. The lowest BCUT2D eigenvalue weighted by Crippen LogP contribution is -2.40. The molecule has 1 saturated heterocycles. The molecular formula is C15H16N6O3. The van der Waals surface area contributed by atoms with Crippen molar-refractivity contribution >= 4 is 17.7 Å². The van der Waals surface area contributed by atoms with Gasteiger partial charge in [-0.25, -0.2) is 15.0 Å². The number of imide groups is 1. The van der Waals surface area contributed by atoms with E-state index in [2.05, 4.69) is 20.3 Å². The molecule has 9 nitrogen and oxygen atoms in total. The molecule has 2 aromatic heterocycles. The number of likely N-dealkylation sites (tertiary alicyclic amines) is 1. The summed E-state index contributed by atoms with van der Waals surface area (Å²) in [6.45, 7) is 0.586. The molecule has 3 rings (SSSR count). The van der Waals surface area contributed by atoms with Crippen molar-refractivity contribution in [3.8, 4) is 11.6 Å². The zero-order chi connectivity index (χ0) is 16.9. The van der Waals surface area contributed by atoms with Gasteiger partial charge in [0.05, 0.1) is 0 Å².